The minimum atomic E-state index is -0.822. The quantitative estimate of drug-likeness (QED) is 0.199. The highest BCUT2D eigenvalue weighted by molar-refractivity contribution is 9.10. The molecule has 2 saturated heterocycles. The molecular weight excluding hydrogens is 538 g/mol. The van der Waals surface area contributed by atoms with Crippen molar-refractivity contribution >= 4 is 39.8 Å². The Bertz CT molecular complexity index is 1130. The van der Waals surface area contributed by atoms with Crippen molar-refractivity contribution in [3.8, 4) is 5.75 Å². The largest absolute Gasteiger partial charge is 0.507 e. The number of benzene rings is 1. The van der Waals surface area contributed by atoms with E-state index in [1.54, 1.807) is 6.07 Å². The Morgan fingerprint density at radius 3 is 2.68 bits per heavy atom. The number of likely N-dealkylation sites (tertiary alicyclic amines) is 1. The van der Waals surface area contributed by atoms with E-state index in [-0.39, 0.29) is 47.8 Å². The fourth-order valence-corrected chi connectivity index (χ4v) is 6.54. The molecule has 0 radical (unpaired) electrons. The molecule has 0 spiro atoms. The van der Waals surface area contributed by atoms with Crippen LogP contribution in [0.4, 0.5) is 0 Å². The molecular formula is C29H36BrNO6. The van der Waals surface area contributed by atoms with E-state index in [1.165, 1.54) is 21.6 Å². The SMILES string of the molecule is CC/C(=C\c1cc(Br)ccc1O)CC[C@H]1OC[C@H]2C1=C(C)C[C@H]1C(=O)N(CCCCCC(=O)O)C(=O)[C@H]12. The van der Waals surface area contributed by atoms with E-state index in [9.17, 15) is 19.5 Å². The van der Waals surface area contributed by atoms with Gasteiger partial charge in [0.2, 0.25) is 11.8 Å². The van der Waals surface area contributed by atoms with E-state index in [2.05, 4.69) is 29.8 Å². The number of unbranched alkanes of at least 4 members (excludes halogenated alkanes) is 2. The highest BCUT2D eigenvalue weighted by atomic mass is 79.9. The number of phenols is 1. The number of phenolic OH excluding ortho intramolecular Hbond substituents is 1. The number of ether oxygens (including phenoxy) is 1. The molecule has 3 aliphatic rings. The molecule has 2 amide bonds. The van der Waals surface area contributed by atoms with E-state index in [1.807, 2.05) is 18.2 Å². The summed E-state index contributed by atoms with van der Waals surface area (Å²) in [6.07, 6.45) is 7.02. The van der Waals surface area contributed by atoms with Crippen LogP contribution in [0, 0.1) is 17.8 Å². The number of aliphatic carboxylic acids is 1. The predicted octanol–water partition coefficient (Wildman–Crippen LogP) is 5.71. The van der Waals surface area contributed by atoms with Crippen molar-refractivity contribution in [3.05, 3.63) is 45.0 Å². The first-order valence-electron chi connectivity index (χ1n) is 13.3. The van der Waals surface area contributed by atoms with Gasteiger partial charge in [-0.25, -0.2) is 0 Å². The van der Waals surface area contributed by atoms with Crippen LogP contribution in [0.15, 0.2) is 39.4 Å². The number of carboxylic acid groups (broad SMARTS) is 1. The number of fused-ring (bicyclic) bond motifs is 3. The average Bonchev–Trinajstić information content (AvgIpc) is 3.38. The maximum absolute atomic E-state index is 13.3. The molecule has 2 N–H and O–H groups in total. The number of carbonyl (C=O) groups excluding carboxylic acids is 2. The van der Waals surface area contributed by atoms with Crippen molar-refractivity contribution in [2.75, 3.05) is 13.2 Å². The zero-order chi connectivity index (χ0) is 26.7. The lowest BCUT2D eigenvalue weighted by Gasteiger charge is -2.30. The van der Waals surface area contributed by atoms with Gasteiger partial charge in [-0.2, -0.15) is 0 Å². The number of hydrogen-bond donors (Lipinski definition) is 2. The highest BCUT2D eigenvalue weighted by Crippen LogP contribution is 2.49. The Balaban J connectivity index is 1.41. The van der Waals surface area contributed by atoms with Gasteiger partial charge >= 0.3 is 5.97 Å². The predicted molar refractivity (Wildman–Crippen MR) is 144 cm³/mol. The summed E-state index contributed by atoms with van der Waals surface area (Å²) in [4.78, 5) is 38.6. The smallest absolute Gasteiger partial charge is 0.303 e. The van der Waals surface area contributed by atoms with Gasteiger partial charge in [-0.1, -0.05) is 46.5 Å². The number of amides is 2. The molecule has 0 aromatic heterocycles. The minimum Gasteiger partial charge on any atom is -0.507 e. The first kappa shape index (κ1) is 27.6. The molecule has 0 bridgehead atoms. The molecule has 2 fully saturated rings. The number of nitrogens with zero attached hydrogens (tertiary/aromatic N) is 1. The summed E-state index contributed by atoms with van der Waals surface area (Å²) < 4.78 is 7.15. The third-order valence-corrected chi connectivity index (χ3v) is 8.54. The highest BCUT2D eigenvalue weighted by Gasteiger charge is 2.56. The summed E-state index contributed by atoms with van der Waals surface area (Å²) in [5, 5.41) is 19.0. The summed E-state index contributed by atoms with van der Waals surface area (Å²) in [6, 6.07) is 5.40. The molecule has 8 heteroatoms. The Morgan fingerprint density at radius 1 is 1.16 bits per heavy atom. The van der Waals surface area contributed by atoms with Crippen LogP contribution < -0.4 is 0 Å². The van der Waals surface area contributed by atoms with Gasteiger partial charge in [0.25, 0.3) is 0 Å². The summed E-state index contributed by atoms with van der Waals surface area (Å²) in [7, 11) is 0. The van der Waals surface area contributed by atoms with Crippen LogP contribution in [0.25, 0.3) is 6.08 Å². The first-order chi connectivity index (χ1) is 17.7. The van der Waals surface area contributed by atoms with E-state index in [0.717, 1.165) is 29.3 Å². The second-order valence-electron chi connectivity index (χ2n) is 10.4. The van der Waals surface area contributed by atoms with E-state index < -0.39 is 5.97 Å². The molecule has 0 saturated carbocycles. The van der Waals surface area contributed by atoms with Crippen LogP contribution in [0.1, 0.15) is 70.8 Å². The molecule has 2 heterocycles. The molecule has 1 aliphatic carbocycles. The van der Waals surface area contributed by atoms with Crippen molar-refractivity contribution < 1.29 is 29.3 Å². The lowest BCUT2D eigenvalue weighted by Crippen LogP contribution is -2.34. The van der Waals surface area contributed by atoms with Crippen LogP contribution in [0.5, 0.6) is 5.75 Å². The summed E-state index contributed by atoms with van der Waals surface area (Å²) in [5.41, 5.74) is 4.37. The number of imide groups is 1. The van der Waals surface area contributed by atoms with E-state index in [0.29, 0.717) is 38.8 Å². The van der Waals surface area contributed by atoms with Gasteiger partial charge < -0.3 is 14.9 Å². The fraction of sp³-hybridized carbons (Fsp3) is 0.552. The summed E-state index contributed by atoms with van der Waals surface area (Å²) in [6.45, 7) is 5.00. The van der Waals surface area contributed by atoms with Gasteiger partial charge in [-0.15, -0.1) is 0 Å². The summed E-state index contributed by atoms with van der Waals surface area (Å²) in [5.74, 6) is -1.47. The van der Waals surface area contributed by atoms with Gasteiger partial charge in [0.1, 0.15) is 5.75 Å². The summed E-state index contributed by atoms with van der Waals surface area (Å²) >= 11 is 3.46. The van der Waals surface area contributed by atoms with Crippen molar-refractivity contribution in [1.82, 2.24) is 4.90 Å². The first-order valence-corrected chi connectivity index (χ1v) is 14.1. The van der Waals surface area contributed by atoms with Gasteiger partial charge in [-0.05, 0) is 69.2 Å². The van der Waals surface area contributed by atoms with Crippen LogP contribution >= 0.6 is 15.9 Å². The third kappa shape index (κ3) is 6.01. The molecule has 37 heavy (non-hydrogen) atoms. The second kappa shape index (κ2) is 11.9. The second-order valence-corrected chi connectivity index (χ2v) is 11.3. The van der Waals surface area contributed by atoms with Crippen LogP contribution in [0.3, 0.4) is 0 Å². The standard InChI is InChI=1S/C29H36BrNO6/c1-3-18(14-19-15-20(30)9-10-23(19)32)8-11-24-26-17(2)13-21-27(22(26)16-37-24)29(36)31(28(21)35)12-6-4-5-7-25(33)34/h9-10,14-15,21-22,24,27,32H,3-8,11-13,16H2,1-2H3,(H,33,34)/b18-14+/t21-,22+,24-,27-/m1/s1. The molecule has 1 aromatic rings. The number of allylic oxidation sites excluding steroid dienone is 2. The number of hydrogen-bond acceptors (Lipinski definition) is 5. The lowest BCUT2D eigenvalue weighted by molar-refractivity contribution is -0.141. The Hall–Kier alpha value is -2.45. The molecule has 7 nitrogen and oxygen atoms in total. The van der Waals surface area contributed by atoms with Crippen LogP contribution in [0.2, 0.25) is 0 Å². The van der Waals surface area contributed by atoms with E-state index >= 15 is 0 Å². The number of rotatable bonds is 11. The third-order valence-electron chi connectivity index (χ3n) is 8.05. The van der Waals surface area contributed by atoms with Gasteiger partial charge in [-0.3, -0.25) is 19.3 Å². The van der Waals surface area contributed by atoms with Gasteiger partial charge in [0.05, 0.1) is 24.5 Å². The zero-order valence-electron chi connectivity index (χ0n) is 21.5. The van der Waals surface area contributed by atoms with Crippen molar-refractivity contribution in [2.24, 2.45) is 17.8 Å². The molecule has 200 valence electrons. The average molecular weight is 575 g/mol. The number of carboxylic acids is 1. The number of carbonyl (C=O) groups is 3. The van der Waals surface area contributed by atoms with Gasteiger partial charge in [0, 0.05) is 28.9 Å². The maximum atomic E-state index is 13.3. The van der Waals surface area contributed by atoms with Gasteiger partial charge in [0.15, 0.2) is 0 Å². The van der Waals surface area contributed by atoms with Crippen LogP contribution in [-0.4, -0.2) is 52.2 Å². The topological polar surface area (TPSA) is 104 Å². The zero-order valence-corrected chi connectivity index (χ0v) is 23.1. The van der Waals surface area contributed by atoms with E-state index in [4.69, 9.17) is 9.84 Å². The molecule has 2 aliphatic heterocycles. The van der Waals surface area contributed by atoms with Crippen molar-refractivity contribution in [2.45, 2.75) is 71.3 Å². The Morgan fingerprint density at radius 2 is 1.95 bits per heavy atom. The van der Waals surface area contributed by atoms with Crippen LogP contribution in [-0.2, 0) is 19.1 Å². The Kier molecular flexibility index (Phi) is 8.90. The minimum absolute atomic E-state index is 0.0552. The van der Waals surface area contributed by atoms with Crippen molar-refractivity contribution in [3.63, 3.8) is 0 Å². The number of aromatic hydroxyl groups is 1. The molecule has 4 rings (SSSR count). The normalized spacial score (nSPS) is 25.6. The number of halogens is 1. The molecule has 4 atom stereocenters. The molecule has 1 aromatic carbocycles. The monoisotopic (exact) mass is 573 g/mol. The van der Waals surface area contributed by atoms with Crippen molar-refractivity contribution in [1.29, 1.82) is 0 Å². The molecule has 0 unspecified atom stereocenters. The Labute approximate surface area is 226 Å². The fourth-order valence-electron chi connectivity index (χ4n) is 6.17. The lowest BCUT2D eigenvalue weighted by atomic mass is 9.70. The maximum Gasteiger partial charge on any atom is 0.303 e.